The molecule has 0 saturated carbocycles. The zero-order valence-corrected chi connectivity index (χ0v) is 24.6. The average Bonchev–Trinajstić information content (AvgIpc) is 2.76. The van der Waals surface area contributed by atoms with Gasteiger partial charge in [0.2, 0.25) is 0 Å². The van der Waals surface area contributed by atoms with Crippen molar-refractivity contribution in [1.82, 2.24) is 0 Å². The fraction of sp³-hybridized carbons (Fsp3) is 1.00. The van der Waals surface area contributed by atoms with Crippen molar-refractivity contribution >= 4 is 39.2 Å². The minimum absolute atomic E-state index is 0.589. The molecule has 0 rings (SSSR count). The standard InChI is InChI=1S/C20H46O8S2Si2/c1-7-23-31(24-8-2,25-9-3)19-15-21-13-17-29-30-18-14-22-16-20-32(26-10-4,27-11-5)28-12-6/h7-20H2,1-6H3. The quantitative estimate of drug-likeness (QED) is 0.0949. The first-order valence-corrected chi connectivity index (χ1v) is 18.2. The van der Waals surface area contributed by atoms with Gasteiger partial charge in [0.25, 0.3) is 0 Å². The van der Waals surface area contributed by atoms with Crippen LogP contribution in [-0.2, 0) is 36.0 Å². The predicted molar refractivity (Wildman–Crippen MR) is 137 cm³/mol. The van der Waals surface area contributed by atoms with Crippen LogP contribution < -0.4 is 0 Å². The van der Waals surface area contributed by atoms with E-state index in [0.29, 0.717) is 78.2 Å². The van der Waals surface area contributed by atoms with Crippen molar-refractivity contribution in [3.63, 3.8) is 0 Å². The van der Waals surface area contributed by atoms with Crippen LogP contribution >= 0.6 is 21.6 Å². The number of hydrogen-bond donors (Lipinski definition) is 0. The Bertz CT molecular complexity index is 344. The summed E-state index contributed by atoms with van der Waals surface area (Å²) in [6.45, 7) is 17.9. The maximum absolute atomic E-state index is 5.83. The topological polar surface area (TPSA) is 73.8 Å². The summed E-state index contributed by atoms with van der Waals surface area (Å²) in [4.78, 5) is 0. The Balaban J connectivity index is 3.85. The lowest BCUT2D eigenvalue weighted by atomic mass is 10.8. The highest BCUT2D eigenvalue weighted by molar-refractivity contribution is 8.76. The fourth-order valence-electron chi connectivity index (χ4n) is 2.90. The van der Waals surface area contributed by atoms with E-state index in [-0.39, 0.29) is 0 Å². The second-order valence-corrected chi connectivity index (χ2v) is 14.5. The van der Waals surface area contributed by atoms with Gasteiger partial charge >= 0.3 is 17.6 Å². The van der Waals surface area contributed by atoms with E-state index in [2.05, 4.69) is 0 Å². The molecule has 0 aliphatic rings. The van der Waals surface area contributed by atoms with Crippen LogP contribution in [0.4, 0.5) is 0 Å². The zero-order chi connectivity index (χ0) is 24.0. The van der Waals surface area contributed by atoms with E-state index < -0.39 is 17.6 Å². The van der Waals surface area contributed by atoms with E-state index in [9.17, 15) is 0 Å². The van der Waals surface area contributed by atoms with E-state index in [1.54, 1.807) is 21.6 Å². The number of rotatable bonds is 25. The molecule has 0 radical (unpaired) electrons. The third kappa shape index (κ3) is 15.7. The maximum atomic E-state index is 5.83. The summed E-state index contributed by atoms with van der Waals surface area (Å²) in [7, 11) is -1.61. The van der Waals surface area contributed by atoms with Crippen LogP contribution in [0.2, 0.25) is 12.1 Å². The fourth-order valence-corrected chi connectivity index (χ4v) is 9.42. The van der Waals surface area contributed by atoms with Crippen LogP contribution in [-0.4, -0.2) is 95.2 Å². The van der Waals surface area contributed by atoms with Gasteiger partial charge in [0.15, 0.2) is 0 Å². The molecule has 0 amide bonds. The molecule has 0 aromatic carbocycles. The van der Waals surface area contributed by atoms with Crippen LogP contribution in [0.1, 0.15) is 41.5 Å². The molecule has 0 aromatic rings. The number of hydrogen-bond acceptors (Lipinski definition) is 10. The molecule has 194 valence electrons. The summed E-state index contributed by atoms with van der Waals surface area (Å²) in [6.07, 6.45) is 0. The summed E-state index contributed by atoms with van der Waals surface area (Å²) in [6, 6.07) is 1.37. The van der Waals surface area contributed by atoms with Crippen molar-refractivity contribution in [2.24, 2.45) is 0 Å². The highest BCUT2D eigenvalue weighted by Gasteiger charge is 2.40. The summed E-state index contributed by atoms with van der Waals surface area (Å²) >= 11 is 0. The lowest BCUT2D eigenvalue weighted by Crippen LogP contribution is -2.46. The molecular formula is C20H46O8S2Si2. The molecule has 32 heavy (non-hydrogen) atoms. The molecule has 0 aliphatic heterocycles. The second-order valence-electron chi connectivity index (χ2n) is 6.33. The summed E-state index contributed by atoms with van der Waals surface area (Å²) < 4.78 is 46.5. The van der Waals surface area contributed by atoms with Crippen molar-refractivity contribution in [2.45, 2.75) is 53.6 Å². The van der Waals surface area contributed by atoms with Gasteiger partial charge in [-0.15, -0.1) is 0 Å². The molecule has 0 saturated heterocycles. The predicted octanol–water partition coefficient (Wildman–Crippen LogP) is 4.50. The minimum Gasteiger partial charge on any atom is -0.381 e. The summed E-state index contributed by atoms with van der Waals surface area (Å²) in [5.74, 6) is 1.85. The molecule has 0 aliphatic carbocycles. The molecule has 0 spiro atoms. The van der Waals surface area contributed by atoms with E-state index >= 15 is 0 Å². The van der Waals surface area contributed by atoms with Crippen LogP contribution in [0.5, 0.6) is 0 Å². The molecule has 0 aromatic heterocycles. The van der Waals surface area contributed by atoms with E-state index in [0.717, 1.165) is 11.5 Å². The molecule has 8 nitrogen and oxygen atoms in total. The van der Waals surface area contributed by atoms with Gasteiger partial charge in [-0.05, 0) is 41.5 Å². The van der Waals surface area contributed by atoms with Gasteiger partial charge in [0.05, 0.1) is 26.4 Å². The molecule has 0 heterocycles. The van der Waals surface area contributed by atoms with Gasteiger partial charge in [-0.25, -0.2) is 0 Å². The molecule has 0 unspecified atom stereocenters. The first-order valence-electron chi connectivity index (χ1n) is 11.8. The Hall–Kier alpha value is 0.814. The van der Waals surface area contributed by atoms with Crippen molar-refractivity contribution in [3.05, 3.63) is 0 Å². The van der Waals surface area contributed by atoms with Crippen molar-refractivity contribution in [1.29, 1.82) is 0 Å². The largest absolute Gasteiger partial charge is 0.503 e. The smallest absolute Gasteiger partial charge is 0.381 e. The summed E-state index contributed by atoms with van der Waals surface area (Å²) in [5, 5.41) is 0. The molecular weight excluding hydrogens is 489 g/mol. The second kappa shape index (κ2) is 22.3. The van der Waals surface area contributed by atoms with Gasteiger partial charge in [-0.3, -0.25) is 0 Å². The minimum atomic E-state index is -2.60. The van der Waals surface area contributed by atoms with Gasteiger partial charge in [0.1, 0.15) is 0 Å². The van der Waals surface area contributed by atoms with Crippen molar-refractivity contribution in [3.8, 4) is 0 Å². The van der Waals surface area contributed by atoms with Crippen LogP contribution in [0, 0.1) is 0 Å². The lowest BCUT2D eigenvalue weighted by Gasteiger charge is -2.28. The average molecular weight is 535 g/mol. The third-order valence-corrected chi connectivity index (χ3v) is 12.3. The van der Waals surface area contributed by atoms with Crippen LogP contribution in [0.25, 0.3) is 0 Å². The van der Waals surface area contributed by atoms with Gasteiger partial charge < -0.3 is 36.0 Å². The highest BCUT2D eigenvalue weighted by atomic mass is 33.1. The Morgan fingerprint density at radius 1 is 0.438 bits per heavy atom. The zero-order valence-electron chi connectivity index (χ0n) is 21.0. The molecule has 12 heteroatoms. The molecule has 0 N–H and O–H groups in total. The van der Waals surface area contributed by atoms with E-state index in [1.807, 2.05) is 41.5 Å². The Morgan fingerprint density at radius 2 is 0.719 bits per heavy atom. The monoisotopic (exact) mass is 534 g/mol. The van der Waals surface area contributed by atoms with Crippen LogP contribution in [0.3, 0.4) is 0 Å². The molecule has 0 atom stereocenters. The highest BCUT2D eigenvalue weighted by Crippen LogP contribution is 2.21. The normalized spacial score (nSPS) is 12.6. The van der Waals surface area contributed by atoms with E-state index in [4.69, 9.17) is 36.0 Å². The summed E-state index contributed by atoms with van der Waals surface area (Å²) in [5.41, 5.74) is 0. The van der Waals surface area contributed by atoms with Gasteiger partial charge in [0, 0.05) is 63.2 Å². The third-order valence-electron chi connectivity index (χ3n) is 4.00. The first-order chi connectivity index (χ1) is 15.6. The molecule has 0 bridgehead atoms. The van der Waals surface area contributed by atoms with Gasteiger partial charge in [-0.1, -0.05) is 21.6 Å². The number of ether oxygens (including phenoxy) is 2. The van der Waals surface area contributed by atoms with Gasteiger partial charge in [-0.2, -0.15) is 0 Å². The SMILES string of the molecule is CCO[Si](CCOCCSSCCOCC[Si](OCC)(OCC)OCC)(OCC)OCC. The van der Waals surface area contributed by atoms with Crippen molar-refractivity contribution in [2.75, 3.05) is 77.6 Å². The van der Waals surface area contributed by atoms with Crippen LogP contribution in [0.15, 0.2) is 0 Å². The Morgan fingerprint density at radius 3 is 0.969 bits per heavy atom. The first kappa shape index (κ1) is 32.8. The molecule has 0 fully saturated rings. The van der Waals surface area contributed by atoms with Crippen molar-refractivity contribution < 1.29 is 36.0 Å². The van der Waals surface area contributed by atoms with E-state index in [1.165, 1.54) is 0 Å². The Labute approximate surface area is 206 Å². The maximum Gasteiger partial charge on any atom is 0.503 e. The Kier molecular flexibility index (Phi) is 22.9. The lowest BCUT2D eigenvalue weighted by molar-refractivity contribution is 0.0586.